The molecule has 0 unspecified atom stereocenters. The van der Waals surface area contributed by atoms with E-state index in [0.29, 0.717) is 10.6 Å². The van der Waals surface area contributed by atoms with E-state index < -0.39 is 9.68 Å². The minimum Gasteiger partial charge on any atom is -0.386 e. The van der Waals surface area contributed by atoms with E-state index in [2.05, 4.69) is 32.6 Å². The molecule has 86 valence electrons. The summed E-state index contributed by atoms with van der Waals surface area (Å²) in [4.78, 5) is 0. The fraction of sp³-hybridized carbons (Fsp3) is 0.333. The number of quaternary nitrogens is 1. The maximum Gasteiger partial charge on any atom is 0.335 e. The van der Waals surface area contributed by atoms with E-state index in [-0.39, 0.29) is 5.82 Å². The van der Waals surface area contributed by atoms with E-state index in [4.69, 9.17) is 11.6 Å². The first-order valence-corrected chi connectivity index (χ1v) is 6.76. The van der Waals surface area contributed by atoms with E-state index in [1.165, 1.54) is 6.07 Å². The van der Waals surface area contributed by atoms with Gasteiger partial charge >= 0.3 is 9.68 Å². The Labute approximate surface area is 104 Å². The molecule has 1 rings (SSSR count). The van der Waals surface area contributed by atoms with Crippen molar-refractivity contribution in [3.8, 4) is 11.5 Å². The van der Waals surface area contributed by atoms with Gasteiger partial charge in [0.25, 0.3) is 0 Å². The Kier molecular flexibility index (Phi) is 4.14. The first-order chi connectivity index (χ1) is 7.29. The van der Waals surface area contributed by atoms with Crippen molar-refractivity contribution in [3.63, 3.8) is 0 Å². The molecular weight excluding hydrogens is 241 g/mol. The van der Waals surface area contributed by atoms with E-state index >= 15 is 0 Å². The van der Waals surface area contributed by atoms with E-state index in [0.717, 1.165) is 9.71 Å². The summed E-state index contributed by atoms with van der Waals surface area (Å²) < 4.78 is 14.3. The van der Waals surface area contributed by atoms with Crippen molar-refractivity contribution < 1.29 is 8.54 Å². The lowest BCUT2D eigenvalue weighted by atomic mass is 10.1. The zero-order valence-corrected chi connectivity index (χ0v) is 12.2. The number of hydrogen-bond acceptors (Lipinski definition) is 0. The second-order valence-corrected chi connectivity index (χ2v) is 7.81. The first-order valence-electron chi connectivity index (χ1n) is 5.04. The molecule has 0 atom stereocenters. The summed E-state index contributed by atoms with van der Waals surface area (Å²) in [6, 6.07) is 3.03. The van der Waals surface area contributed by atoms with Crippen LogP contribution in [0, 0.1) is 24.2 Å². The minimum atomic E-state index is -0.555. The van der Waals surface area contributed by atoms with Crippen LogP contribution >= 0.6 is 11.6 Å². The topological polar surface area (TPSA) is 0 Å². The number of halogens is 2. The van der Waals surface area contributed by atoms with E-state index in [1.807, 2.05) is 6.92 Å². The third-order valence-electron chi connectivity index (χ3n) is 2.02. The molecule has 0 amide bonds. The lowest BCUT2D eigenvalue weighted by Crippen LogP contribution is -2.37. The summed E-state index contributed by atoms with van der Waals surface area (Å²) in [5.41, 5.74) is 4.41. The van der Waals surface area contributed by atoms with Crippen LogP contribution in [-0.2, 0) is 0 Å². The monoisotopic (exact) mass is 256 g/mol. The van der Waals surface area contributed by atoms with Crippen molar-refractivity contribution in [2.75, 3.05) is 21.1 Å². The molecule has 0 aliphatic heterocycles. The summed E-state index contributed by atoms with van der Waals surface area (Å²) >= 11 is 5.81. The molecule has 0 aliphatic carbocycles. The Hall–Kier alpha value is -0.823. The highest BCUT2D eigenvalue weighted by atomic mass is 35.5. The van der Waals surface area contributed by atoms with Crippen LogP contribution in [0.3, 0.4) is 0 Å². The molecule has 0 aliphatic rings. The fourth-order valence-electron chi connectivity index (χ4n) is 1.12. The van der Waals surface area contributed by atoms with Crippen molar-refractivity contribution >= 4 is 21.3 Å². The van der Waals surface area contributed by atoms with Gasteiger partial charge in [0.05, 0.1) is 26.7 Å². The van der Waals surface area contributed by atoms with Gasteiger partial charge in [0, 0.05) is 5.02 Å². The maximum absolute atomic E-state index is 13.5. The molecule has 0 spiro atoms. The number of nitrogens with zero attached hydrogens (tertiary/aromatic N) is 1. The predicted octanol–water partition coefficient (Wildman–Crippen LogP) is 1.89. The first kappa shape index (κ1) is 13.2. The van der Waals surface area contributed by atoms with Gasteiger partial charge in [0.15, 0.2) is 0 Å². The van der Waals surface area contributed by atoms with Crippen molar-refractivity contribution in [2.45, 2.75) is 6.92 Å². The van der Waals surface area contributed by atoms with Gasteiger partial charge in [-0.2, -0.15) is 0 Å². The smallest absolute Gasteiger partial charge is 0.335 e. The molecule has 0 saturated carbocycles. The van der Waals surface area contributed by atoms with Crippen molar-refractivity contribution in [1.29, 1.82) is 0 Å². The molecule has 1 nitrogen and oxygen atoms in total. The van der Waals surface area contributed by atoms with Crippen molar-refractivity contribution in [3.05, 3.63) is 34.1 Å². The SMILES string of the molecule is Cc1cc(C#C[SiH2][N+](C)(C)C)c(F)cc1Cl. The lowest BCUT2D eigenvalue weighted by Gasteiger charge is -2.21. The molecule has 0 aromatic heterocycles. The number of hydrogen-bond donors (Lipinski definition) is 0. The Balaban J connectivity index is 2.94. The number of rotatable bonds is 1. The largest absolute Gasteiger partial charge is 0.386 e. The number of aryl methyl sites for hydroxylation is 1. The predicted molar refractivity (Wildman–Crippen MR) is 69.6 cm³/mol. The van der Waals surface area contributed by atoms with Crippen LogP contribution < -0.4 is 0 Å². The van der Waals surface area contributed by atoms with Crippen LogP contribution in [0.25, 0.3) is 0 Å². The van der Waals surface area contributed by atoms with Gasteiger partial charge in [0.1, 0.15) is 5.82 Å². The van der Waals surface area contributed by atoms with Crippen LogP contribution in [0.1, 0.15) is 11.1 Å². The third kappa shape index (κ3) is 3.97. The highest BCUT2D eigenvalue weighted by molar-refractivity contribution is 6.38. The van der Waals surface area contributed by atoms with Crippen LogP contribution in [-0.4, -0.2) is 35.0 Å². The summed E-state index contributed by atoms with van der Waals surface area (Å²) in [5.74, 6) is 2.57. The van der Waals surface area contributed by atoms with Gasteiger partial charge in [-0.05, 0) is 24.6 Å². The lowest BCUT2D eigenvalue weighted by molar-refractivity contribution is -0.753. The minimum absolute atomic E-state index is 0.335. The molecule has 0 radical (unpaired) electrons. The molecule has 1 aromatic rings. The fourth-order valence-corrected chi connectivity index (χ4v) is 2.02. The molecule has 0 fully saturated rings. The second kappa shape index (κ2) is 5.01. The Morgan fingerprint density at radius 1 is 1.31 bits per heavy atom. The summed E-state index contributed by atoms with van der Waals surface area (Å²) in [6.45, 7) is 1.85. The van der Waals surface area contributed by atoms with Gasteiger partial charge in [-0.25, -0.2) is 4.39 Å². The van der Waals surface area contributed by atoms with Gasteiger partial charge in [0.2, 0.25) is 0 Å². The van der Waals surface area contributed by atoms with Crippen molar-refractivity contribution in [1.82, 2.24) is 0 Å². The molecule has 4 heteroatoms. The summed E-state index contributed by atoms with van der Waals surface area (Å²) in [6.07, 6.45) is 0. The average molecular weight is 257 g/mol. The highest BCUT2D eigenvalue weighted by Gasteiger charge is 2.06. The van der Waals surface area contributed by atoms with Crippen LogP contribution in [0.4, 0.5) is 4.39 Å². The van der Waals surface area contributed by atoms with Gasteiger partial charge in [-0.1, -0.05) is 23.1 Å². The maximum atomic E-state index is 13.5. The summed E-state index contributed by atoms with van der Waals surface area (Å²) in [5, 5.41) is 0.451. The van der Waals surface area contributed by atoms with Crippen LogP contribution in [0.5, 0.6) is 0 Å². The van der Waals surface area contributed by atoms with Gasteiger partial charge in [-0.15, -0.1) is 0 Å². The van der Waals surface area contributed by atoms with Gasteiger partial charge in [-0.3, -0.25) is 0 Å². The molecule has 16 heavy (non-hydrogen) atoms. The molecule has 0 bridgehead atoms. The molecule has 0 N–H and O–H groups in total. The van der Waals surface area contributed by atoms with Crippen LogP contribution in [0.15, 0.2) is 12.1 Å². The Bertz CT molecular complexity index is 455. The normalized spacial score (nSPS) is 11.6. The standard InChI is InChI=1S/C12H16ClFNSi/c1-9-7-10(12(14)8-11(9)13)5-6-16-15(2,3)4/h7-8H,16H2,1-4H3/q+1. The summed E-state index contributed by atoms with van der Waals surface area (Å²) in [7, 11) is 5.75. The van der Waals surface area contributed by atoms with Gasteiger partial charge < -0.3 is 4.15 Å². The van der Waals surface area contributed by atoms with E-state index in [1.54, 1.807) is 6.07 Å². The number of benzene rings is 1. The Morgan fingerprint density at radius 2 is 1.94 bits per heavy atom. The zero-order valence-electron chi connectivity index (χ0n) is 10.1. The third-order valence-corrected chi connectivity index (χ3v) is 3.72. The molecule has 0 saturated heterocycles. The molecular formula is C12H16ClFNSi+. The second-order valence-electron chi connectivity index (χ2n) is 4.83. The average Bonchev–Trinajstić information content (AvgIpc) is 2.11. The molecule has 0 heterocycles. The highest BCUT2D eigenvalue weighted by Crippen LogP contribution is 2.19. The zero-order chi connectivity index (χ0) is 12.3. The van der Waals surface area contributed by atoms with Crippen molar-refractivity contribution in [2.24, 2.45) is 0 Å². The quantitative estimate of drug-likeness (QED) is 0.532. The Morgan fingerprint density at radius 3 is 2.50 bits per heavy atom. The van der Waals surface area contributed by atoms with Crippen LogP contribution in [0.2, 0.25) is 5.02 Å². The van der Waals surface area contributed by atoms with E-state index in [9.17, 15) is 4.39 Å². The molecule has 1 aromatic carbocycles.